The van der Waals surface area contributed by atoms with Crippen molar-refractivity contribution in [1.29, 1.82) is 5.26 Å². The molecule has 4 atom stereocenters. The summed E-state index contributed by atoms with van der Waals surface area (Å²) in [5.74, 6) is 0.845. The molecule has 3 amide bonds. The number of benzene rings is 2. The number of hydrogen-bond donors (Lipinski definition) is 3. The van der Waals surface area contributed by atoms with Crippen LogP contribution in [0.2, 0.25) is 0 Å². The van der Waals surface area contributed by atoms with Gasteiger partial charge in [0.2, 0.25) is 17.7 Å². The number of carbonyl (C=O) groups is 3. The molecule has 3 aliphatic rings. The molecule has 2 aliphatic carbocycles. The molecule has 228 valence electrons. The summed E-state index contributed by atoms with van der Waals surface area (Å²) in [6.45, 7) is 3.87. The Bertz CT molecular complexity index is 1610. The highest BCUT2D eigenvalue weighted by Gasteiger charge is 2.54. The van der Waals surface area contributed by atoms with Gasteiger partial charge in [0.05, 0.1) is 12.6 Å². The van der Waals surface area contributed by atoms with E-state index in [2.05, 4.69) is 32.2 Å². The molecule has 0 radical (unpaired) electrons. The maximum Gasteiger partial charge on any atom is 0.251 e. The molecule has 0 unspecified atom stereocenters. The fraction of sp³-hybridized carbons (Fsp3) is 0.455. The van der Waals surface area contributed by atoms with E-state index in [0.717, 1.165) is 35.1 Å². The van der Waals surface area contributed by atoms with Crippen molar-refractivity contribution < 1.29 is 18.8 Å². The zero-order valence-corrected chi connectivity index (χ0v) is 25.4. The molecule has 1 aliphatic heterocycles. The lowest BCUT2D eigenvalue weighted by atomic mass is 9.68. The van der Waals surface area contributed by atoms with Gasteiger partial charge in [-0.2, -0.15) is 5.26 Å². The predicted molar refractivity (Wildman–Crippen MR) is 161 cm³/mol. The Balaban J connectivity index is 1.43. The molecule has 6 rings (SSSR count). The fourth-order valence-electron chi connectivity index (χ4n) is 7.24. The van der Waals surface area contributed by atoms with Crippen LogP contribution in [0.4, 0.5) is 0 Å². The minimum absolute atomic E-state index is 0.0665. The summed E-state index contributed by atoms with van der Waals surface area (Å²) in [4.78, 5) is 40.3. The number of likely N-dealkylation sites (tertiary alicyclic amines) is 1. The van der Waals surface area contributed by atoms with Gasteiger partial charge in [-0.1, -0.05) is 12.1 Å². The van der Waals surface area contributed by atoms with Gasteiger partial charge in [0.15, 0.2) is 0 Å². The number of nitriles is 1. The van der Waals surface area contributed by atoms with Gasteiger partial charge in [-0.3, -0.25) is 14.4 Å². The van der Waals surface area contributed by atoms with Crippen molar-refractivity contribution in [2.45, 2.75) is 69.5 Å². The highest BCUT2D eigenvalue weighted by molar-refractivity contribution is 5.95. The molecule has 0 spiro atoms. The lowest BCUT2D eigenvalue weighted by Crippen LogP contribution is -2.46. The summed E-state index contributed by atoms with van der Waals surface area (Å²) in [5.41, 5.74) is 3.96. The number of aryl methyl sites for hydroxylation is 3. The first kappa shape index (κ1) is 29.5. The van der Waals surface area contributed by atoms with E-state index in [1.807, 2.05) is 43.3 Å². The van der Waals surface area contributed by atoms with E-state index in [9.17, 15) is 19.6 Å². The van der Waals surface area contributed by atoms with Gasteiger partial charge in [0.1, 0.15) is 11.5 Å². The van der Waals surface area contributed by atoms with Crippen LogP contribution in [0.1, 0.15) is 80.9 Å². The fourth-order valence-corrected chi connectivity index (χ4v) is 7.24. The molecule has 1 saturated heterocycles. The Labute approximate surface area is 256 Å². The minimum Gasteiger partial charge on any atom is -0.424 e. The number of amides is 3. The predicted octanol–water partition coefficient (Wildman–Crippen LogP) is 2.41. The van der Waals surface area contributed by atoms with Crippen molar-refractivity contribution >= 4 is 17.7 Å². The van der Waals surface area contributed by atoms with E-state index in [4.69, 9.17) is 4.42 Å². The third-order valence-corrected chi connectivity index (χ3v) is 9.42. The normalized spacial score (nSPS) is 21.6. The first-order chi connectivity index (χ1) is 21.2. The van der Waals surface area contributed by atoms with Crippen molar-refractivity contribution in [3.05, 3.63) is 81.6 Å². The number of rotatable bonds is 8. The Hall–Kier alpha value is -4.56. The molecule has 0 bridgehead atoms. The van der Waals surface area contributed by atoms with Crippen LogP contribution in [-0.4, -0.2) is 71.6 Å². The van der Waals surface area contributed by atoms with Crippen molar-refractivity contribution in [2.24, 2.45) is 5.92 Å². The number of nitrogens with zero attached hydrogens (tertiary/aromatic N) is 4. The highest BCUT2D eigenvalue weighted by Crippen LogP contribution is 2.49. The third kappa shape index (κ3) is 5.03. The van der Waals surface area contributed by atoms with E-state index in [0.29, 0.717) is 48.1 Å². The third-order valence-electron chi connectivity index (χ3n) is 9.42. The molecule has 2 fully saturated rings. The molecule has 1 saturated carbocycles. The SMILES string of the molecule is CNC(=O)c1ccc2c(c1)CCc1cc(C(=O)NC)ccc1C2(C[C@H](C)NCC(=O)N1[C@H](C#N)C[C@@H]2C[C@@H]21)c1nnc(C)o1. The summed E-state index contributed by atoms with van der Waals surface area (Å²) in [6, 6.07) is 13.3. The Morgan fingerprint density at radius 3 is 2.16 bits per heavy atom. The van der Waals surface area contributed by atoms with Gasteiger partial charge in [0.25, 0.3) is 11.8 Å². The van der Waals surface area contributed by atoms with Crippen LogP contribution in [0.15, 0.2) is 40.8 Å². The molecule has 2 heterocycles. The van der Waals surface area contributed by atoms with E-state index < -0.39 is 5.41 Å². The van der Waals surface area contributed by atoms with E-state index in [1.54, 1.807) is 25.9 Å². The topological polar surface area (TPSA) is 153 Å². The average Bonchev–Trinajstić information content (AvgIpc) is 3.53. The second-order valence-corrected chi connectivity index (χ2v) is 12.2. The summed E-state index contributed by atoms with van der Waals surface area (Å²) in [5, 5.41) is 27.2. The standard InChI is InChI=1S/C33H37N7O4/c1-18(37-17-29(41)40-25(16-34)13-24-14-28(24)40)15-33(32-39-38-19(2)44-32)26-9-7-22(30(42)35-3)11-20(26)5-6-21-12-23(31(43)36-4)8-10-27(21)33/h7-12,18,24-25,28,37H,5-6,13-15,17H2,1-4H3,(H,35,42)(H,36,43)/t18-,24+,25-,28-/m0/s1. The quantitative estimate of drug-likeness (QED) is 0.359. The molecule has 44 heavy (non-hydrogen) atoms. The number of nitrogens with one attached hydrogen (secondary N) is 3. The largest absolute Gasteiger partial charge is 0.424 e. The maximum absolute atomic E-state index is 13.3. The molecule has 1 aromatic heterocycles. The lowest BCUT2D eigenvalue weighted by Gasteiger charge is -2.36. The van der Waals surface area contributed by atoms with Crippen LogP contribution in [0.5, 0.6) is 0 Å². The molecule has 2 aromatic carbocycles. The molecular formula is C33H37N7O4. The molecule has 11 heteroatoms. The van der Waals surface area contributed by atoms with Gasteiger partial charge in [0, 0.05) is 44.2 Å². The van der Waals surface area contributed by atoms with Crippen LogP contribution in [-0.2, 0) is 23.1 Å². The lowest BCUT2D eigenvalue weighted by molar-refractivity contribution is -0.131. The summed E-state index contributed by atoms with van der Waals surface area (Å²) in [6.07, 6.45) is 3.45. The number of carbonyl (C=O) groups excluding carboxylic acids is 3. The van der Waals surface area contributed by atoms with E-state index >= 15 is 0 Å². The van der Waals surface area contributed by atoms with Crippen molar-refractivity contribution in [3.8, 4) is 6.07 Å². The molecular weight excluding hydrogens is 558 g/mol. The van der Waals surface area contributed by atoms with Gasteiger partial charge in [-0.25, -0.2) is 0 Å². The monoisotopic (exact) mass is 595 g/mol. The average molecular weight is 596 g/mol. The van der Waals surface area contributed by atoms with Crippen molar-refractivity contribution in [1.82, 2.24) is 31.0 Å². The number of fused-ring (bicyclic) bond motifs is 3. The Morgan fingerprint density at radius 2 is 1.64 bits per heavy atom. The van der Waals surface area contributed by atoms with Crippen LogP contribution < -0.4 is 16.0 Å². The van der Waals surface area contributed by atoms with Crippen LogP contribution in [0.3, 0.4) is 0 Å². The van der Waals surface area contributed by atoms with Gasteiger partial charge >= 0.3 is 0 Å². The molecule has 3 N–H and O–H groups in total. The van der Waals surface area contributed by atoms with Gasteiger partial charge in [-0.05, 0) is 91.5 Å². The first-order valence-electron chi connectivity index (χ1n) is 15.2. The maximum atomic E-state index is 13.3. The second-order valence-electron chi connectivity index (χ2n) is 12.2. The van der Waals surface area contributed by atoms with Crippen LogP contribution in [0, 0.1) is 24.2 Å². The highest BCUT2D eigenvalue weighted by atomic mass is 16.4. The minimum atomic E-state index is -0.940. The molecule has 3 aromatic rings. The molecule has 11 nitrogen and oxygen atoms in total. The smallest absolute Gasteiger partial charge is 0.251 e. The van der Waals surface area contributed by atoms with E-state index in [1.165, 1.54) is 0 Å². The van der Waals surface area contributed by atoms with Crippen molar-refractivity contribution in [3.63, 3.8) is 0 Å². The first-order valence-corrected chi connectivity index (χ1v) is 15.2. The summed E-state index contributed by atoms with van der Waals surface area (Å²) in [7, 11) is 3.21. The Kier molecular flexibility index (Phi) is 7.72. The summed E-state index contributed by atoms with van der Waals surface area (Å²) < 4.78 is 6.23. The number of hydrogen-bond acceptors (Lipinski definition) is 8. The van der Waals surface area contributed by atoms with Gasteiger partial charge < -0.3 is 25.3 Å². The Morgan fingerprint density at radius 1 is 1.02 bits per heavy atom. The van der Waals surface area contributed by atoms with Gasteiger partial charge in [-0.15, -0.1) is 10.2 Å². The van der Waals surface area contributed by atoms with Crippen LogP contribution >= 0.6 is 0 Å². The van der Waals surface area contributed by atoms with Crippen molar-refractivity contribution in [2.75, 3.05) is 20.6 Å². The second kappa shape index (κ2) is 11.5. The van der Waals surface area contributed by atoms with E-state index in [-0.39, 0.29) is 42.4 Å². The summed E-state index contributed by atoms with van der Waals surface area (Å²) >= 11 is 0. The zero-order valence-electron chi connectivity index (χ0n) is 25.4. The number of aromatic nitrogens is 2. The number of piperidine rings is 1. The van der Waals surface area contributed by atoms with Crippen LogP contribution in [0.25, 0.3) is 0 Å². The zero-order chi connectivity index (χ0) is 31.2.